The van der Waals surface area contributed by atoms with Crippen LogP contribution in [0.25, 0.3) is 0 Å². The third kappa shape index (κ3) is 3.64. The van der Waals surface area contributed by atoms with Crippen molar-refractivity contribution in [3.63, 3.8) is 0 Å². The first-order valence-corrected chi connectivity index (χ1v) is 7.56. The number of nitrogens with zero attached hydrogens (tertiary/aromatic N) is 3. The molecular weight excluding hydrogens is 282 g/mol. The average Bonchev–Trinajstić information content (AvgIpc) is 2.61. The predicted molar refractivity (Wildman–Crippen MR) is 96.7 cm³/mol. The van der Waals surface area contributed by atoms with E-state index in [4.69, 9.17) is 4.99 Å². The lowest BCUT2D eigenvalue weighted by Crippen LogP contribution is -2.07. The van der Waals surface area contributed by atoms with E-state index in [9.17, 15) is 0 Å². The zero-order valence-corrected chi connectivity index (χ0v) is 13.3. The smallest absolute Gasteiger partial charge is 0.0797 e. The van der Waals surface area contributed by atoms with Crippen LogP contribution in [0.3, 0.4) is 0 Å². The summed E-state index contributed by atoms with van der Waals surface area (Å²) in [5, 5.41) is 0. The highest BCUT2D eigenvalue weighted by Gasteiger charge is 2.07. The molecule has 0 aliphatic rings. The van der Waals surface area contributed by atoms with E-state index >= 15 is 0 Å². The fourth-order valence-electron chi connectivity index (χ4n) is 2.35. The summed E-state index contributed by atoms with van der Waals surface area (Å²) in [6, 6.07) is 22.4. The maximum Gasteiger partial charge on any atom is 0.0797 e. The molecule has 0 bridgehead atoms. The van der Waals surface area contributed by atoms with Crippen molar-refractivity contribution >= 4 is 17.1 Å². The molecule has 3 heteroatoms. The first-order valence-electron chi connectivity index (χ1n) is 7.56. The summed E-state index contributed by atoms with van der Waals surface area (Å²) in [6.07, 6.45) is 3.62. The van der Waals surface area contributed by atoms with E-state index in [1.54, 1.807) is 6.20 Å². The Labute approximate surface area is 137 Å². The molecule has 1 heterocycles. The highest BCUT2D eigenvalue weighted by atomic mass is 15.1. The van der Waals surface area contributed by atoms with Crippen LogP contribution < -0.4 is 4.90 Å². The molecule has 0 saturated heterocycles. The summed E-state index contributed by atoms with van der Waals surface area (Å²) in [5.41, 5.74) is 5.11. The van der Waals surface area contributed by atoms with Gasteiger partial charge in [0, 0.05) is 43.3 Å². The molecule has 114 valence electrons. The Morgan fingerprint density at radius 1 is 0.826 bits per heavy atom. The monoisotopic (exact) mass is 301 g/mol. The van der Waals surface area contributed by atoms with Gasteiger partial charge in [-0.2, -0.15) is 0 Å². The fourth-order valence-corrected chi connectivity index (χ4v) is 2.35. The van der Waals surface area contributed by atoms with Crippen LogP contribution in [0.1, 0.15) is 11.1 Å². The summed E-state index contributed by atoms with van der Waals surface area (Å²) in [4.78, 5) is 11.2. The van der Waals surface area contributed by atoms with Gasteiger partial charge in [0.05, 0.1) is 11.4 Å². The first-order chi connectivity index (χ1) is 11.2. The molecule has 3 rings (SSSR count). The number of hydrogen-bond donors (Lipinski definition) is 0. The minimum atomic E-state index is 0.927. The molecule has 0 radical (unpaired) electrons. The van der Waals surface area contributed by atoms with E-state index in [0.29, 0.717) is 0 Å². The van der Waals surface area contributed by atoms with Gasteiger partial charge >= 0.3 is 0 Å². The van der Waals surface area contributed by atoms with Gasteiger partial charge in [0.15, 0.2) is 0 Å². The van der Waals surface area contributed by atoms with Crippen LogP contribution in [0, 0.1) is 0 Å². The summed E-state index contributed by atoms with van der Waals surface area (Å²) >= 11 is 0. The highest BCUT2D eigenvalue weighted by Crippen LogP contribution is 2.21. The van der Waals surface area contributed by atoms with Crippen LogP contribution in [0.4, 0.5) is 11.4 Å². The van der Waals surface area contributed by atoms with Gasteiger partial charge in [-0.3, -0.25) is 4.98 Å². The number of hydrogen-bond acceptors (Lipinski definition) is 3. The fraction of sp³-hybridized carbons (Fsp3) is 0.100. The third-order valence-electron chi connectivity index (χ3n) is 3.59. The van der Waals surface area contributed by atoms with Gasteiger partial charge in [-0.15, -0.1) is 0 Å². The molecule has 0 saturated carbocycles. The van der Waals surface area contributed by atoms with E-state index in [1.165, 1.54) is 0 Å². The van der Waals surface area contributed by atoms with Crippen molar-refractivity contribution in [1.29, 1.82) is 0 Å². The Balaban J connectivity index is 2.05. The van der Waals surface area contributed by atoms with Gasteiger partial charge in [0.1, 0.15) is 0 Å². The second kappa shape index (κ2) is 6.88. The SMILES string of the molecule is CN(C)c1ccc(N=C(c2ccccc2)c2cccnc2)cc1. The summed E-state index contributed by atoms with van der Waals surface area (Å²) in [6.45, 7) is 0. The molecule has 3 nitrogen and oxygen atoms in total. The molecule has 23 heavy (non-hydrogen) atoms. The second-order valence-electron chi connectivity index (χ2n) is 5.48. The maximum absolute atomic E-state index is 4.86. The summed E-state index contributed by atoms with van der Waals surface area (Å²) < 4.78 is 0. The Morgan fingerprint density at radius 2 is 1.52 bits per heavy atom. The quantitative estimate of drug-likeness (QED) is 0.672. The Hall–Kier alpha value is -2.94. The van der Waals surface area contributed by atoms with E-state index < -0.39 is 0 Å². The van der Waals surface area contributed by atoms with Crippen molar-refractivity contribution in [2.45, 2.75) is 0 Å². The lowest BCUT2D eigenvalue weighted by Gasteiger charge is -2.12. The topological polar surface area (TPSA) is 28.5 Å². The van der Waals surface area contributed by atoms with Gasteiger partial charge < -0.3 is 4.90 Å². The minimum Gasteiger partial charge on any atom is -0.378 e. The number of rotatable bonds is 4. The largest absolute Gasteiger partial charge is 0.378 e. The molecule has 0 aliphatic heterocycles. The van der Waals surface area contributed by atoms with Crippen LogP contribution in [0.15, 0.2) is 84.1 Å². The maximum atomic E-state index is 4.86. The van der Waals surface area contributed by atoms with E-state index in [-0.39, 0.29) is 0 Å². The molecular formula is C20H19N3. The van der Waals surface area contributed by atoms with Gasteiger partial charge in [-0.05, 0) is 36.4 Å². The lowest BCUT2D eigenvalue weighted by atomic mass is 10.0. The predicted octanol–water partition coefficient (Wildman–Crippen LogP) is 4.32. The lowest BCUT2D eigenvalue weighted by molar-refractivity contribution is 1.13. The summed E-state index contributed by atoms with van der Waals surface area (Å²) in [5.74, 6) is 0. The Kier molecular flexibility index (Phi) is 4.48. The van der Waals surface area contributed by atoms with Crippen molar-refractivity contribution < 1.29 is 0 Å². The molecule has 0 N–H and O–H groups in total. The Bertz CT molecular complexity index is 735. The number of aromatic nitrogens is 1. The number of pyridine rings is 1. The van der Waals surface area contributed by atoms with Crippen LogP contribution in [0.5, 0.6) is 0 Å². The minimum absolute atomic E-state index is 0.927. The molecule has 0 spiro atoms. The van der Waals surface area contributed by atoms with Crippen molar-refractivity contribution in [1.82, 2.24) is 4.98 Å². The molecule has 2 aromatic carbocycles. The van der Waals surface area contributed by atoms with E-state index in [1.807, 2.05) is 62.8 Å². The average molecular weight is 301 g/mol. The van der Waals surface area contributed by atoms with Gasteiger partial charge in [-0.25, -0.2) is 4.99 Å². The zero-order valence-electron chi connectivity index (χ0n) is 13.3. The number of anilines is 1. The van der Waals surface area contributed by atoms with Crippen LogP contribution >= 0.6 is 0 Å². The number of aliphatic imine (C=N–C) groups is 1. The molecule has 3 aromatic rings. The van der Waals surface area contributed by atoms with Crippen molar-refractivity contribution in [2.75, 3.05) is 19.0 Å². The first kappa shape index (κ1) is 15.0. The summed E-state index contributed by atoms with van der Waals surface area (Å²) in [7, 11) is 4.06. The van der Waals surface area contributed by atoms with Gasteiger partial charge in [0.25, 0.3) is 0 Å². The third-order valence-corrected chi connectivity index (χ3v) is 3.59. The highest BCUT2D eigenvalue weighted by molar-refractivity contribution is 6.13. The van der Waals surface area contributed by atoms with Gasteiger partial charge in [0.2, 0.25) is 0 Å². The molecule has 0 unspecified atom stereocenters. The van der Waals surface area contributed by atoms with E-state index in [2.05, 4.69) is 34.1 Å². The second-order valence-corrected chi connectivity index (χ2v) is 5.48. The van der Waals surface area contributed by atoms with Crippen molar-refractivity contribution in [3.8, 4) is 0 Å². The van der Waals surface area contributed by atoms with Crippen molar-refractivity contribution in [3.05, 3.63) is 90.3 Å². The van der Waals surface area contributed by atoms with Crippen molar-refractivity contribution in [2.24, 2.45) is 4.99 Å². The van der Waals surface area contributed by atoms with E-state index in [0.717, 1.165) is 28.2 Å². The zero-order chi connectivity index (χ0) is 16.1. The van der Waals surface area contributed by atoms with Crippen LogP contribution in [0.2, 0.25) is 0 Å². The van der Waals surface area contributed by atoms with Crippen LogP contribution in [-0.4, -0.2) is 24.8 Å². The molecule has 0 aliphatic carbocycles. The Morgan fingerprint density at radius 3 is 2.13 bits per heavy atom. The number of benzene rings is 2. The standard InChI is InChI=1S/C20H19N3/c1-23(2)19-12-10-18(11-13-19)22-20(16-7-4-3-5-8-16)17-9-6-14-21-15-17/h3-15H,1-2H3. The van der Waals surface area contributed by atoms with Crippen LogP contribution in [-0.2, 0) is 0 Å². The molecule has 0 atom stereocenters. The molecule has 0 amide bonds. The normalized spacial score (nSPS) is 11.3. The molecule has 1 aromatic heterocycles. The van der Waals surface area contributed by atoms with Gasteiger partial charge in [-0.1, -0.05) is 30.3 Å². The molecule has 0 fully saturated rings.